The van der Waals surface area contributed by atoms with Crippen molar-refractivity contribution in [1.29, 1.82) is 0 Å². The highest BCUT2D eigenvalue weighted by atomic mass is 16.3. The van der Waals surface area contributed by atoms with E-state index in [2.05, 4.69) is 20.5 Å². The van der Waals surface area contributed by atoms with E-state index in [-0.39, 0.29) is 30.5 Å². The minimum absolute atomic E-state index is 0.109. The van der Waals surface area contributed by atoms with Gasteiger partial charge in [-0.1, -0.05) is 6.07 Å². The van der Waals surface area contributed by atoms with Crippen LogP contribution in [0.2, 0.25) is 0 Å². The first-order valence-electron chi connectivity index (χ1n) is 11.0. The second-order valence-corrected chi connectivity index (χ2v) is 8.29. The standard InChI is InChI=1S/C22H34N4O3/c27-13-5-1-3-12-24-21(28)14-18-9-10-19(26(18)16-17-7-8-17)15-25-22(29)20-6-2-4-11-23-20/h2,4,6,11,17-19,27H,1,3,5,7-10,12-16H2,(H,24,28)(H,25,29)/t18-,19+/m1/s1. The Bertz CT molecular complexity index is 651. The number of unbranched alkanes of at least 4 members (excludes halogenated alkanes) is 2. The molecule has 1 saturated heterocycles. The van der Waals surface area contributed by atoms with Crippen molar-refractivity contribution in [3.8, 4) is 0 Å². The van der Waals surface area contributed by atoms with E-state index in [4.69, 9.17) is 5.11 Å². The fraction of sp³-hybridized carbons (Fsp3) is 0.682. The summed E-state index contributed by atoms with van der Waals surface area (Å²) >= 11 is 0. The summed E-state index contributed by atoms with van der Waals surface area (Å²) in [4.78, 5) is 31.3. The van der Waals surface area contributed by atoms with Crippen LogP contribution in [0.5, 0.6) is 0 Å². The third-order valence-corrected chi connectivity index (χ3v) is 5.91. The molecule has 2 heterocycles. The second kappa shape index (κ2) is 11.3. The molecule has 3 rings (SSSR count). The average Bonchev–Trinajstić information content (AvgIpc) is 3.48. The van der Waals surface area contributed by atoms with Crippen molar-refractivity contribution < 1.29 is 14.7 Å². The summed E-state index contributed by atoms with van der Waals surface area (Å²) in [6.07, 6.45) is 9.33. The van der Waals surface area contributed by atoms with E-state index in [1.807, 2.05) is 6.07 Å². The molecule has 0 radical (unpaired) electrons. The first kappa shape index (κ1) is 21.7. The Balaban J connectivity index is 1.46. The van der Waals surface area contributed by atoms with Gasteiger partial charge in [0, 0.05) is 50.9 Å². The van der Waals surface area contributed by atoms with Crippen LogP contribution in [-0.4, -0.2) is 65.1 Å². The van der Waals surface area contributed by atoms with E-state index < -0.39 is 0 Å². The lowest BCUT2D eigenvalue weighted by Gasteiger charge is -2.30. The lowest BCUT2D eigenvalue weighted by atomic mass is 10.1. The molecule has 1 saturated carbocycles. The Hall–Kier alpha value is -1.99. The van der Waals surface area contributed by atoms with Crippen LogP contribution in [0.25, 0.3) is 0 Å². The number of nitrogens with zero attached hydrogens (tertiary/aromatic N) is 2. The number of aromatic nitrogens is 1. The monoisotopic (exact) mass is 402 g/mol. The van der Waals surface area contributed by atoms with Crippen molar-refractivity contribution in [2.75, 3.05) is 26.2 Å². The zero-order valence-electron chi connectivity index (χ0n) is 17.2. The maximum atomic E-state index is 12.4. The number of rotatable bonds is 12. The molecule has 160 valence electrons. The average molecular weight is 403 g/mol. The second-order valence-electron chi connectivity index (χ2n) is 8.29. The summed E-state index contributed by atoms with van der Waals surface area (Å²) < 4.78 is 0. The van der Waals surface area contributed by atoms with Crippen LogP contribution in [0.1, 0.15) is 61.9 Å². The quantitative estimate of drug-likeness (QED) is 0.463. The number of aliphatic hydroxyl groups is 1. The highest BCUT2D eigenvalue weighted by molar-refractivity contribution is 5.92. The number of hydrogen-bond donors (Lipinski definition) is 3. The Kier molecular flexibility index (Phi) is 8.43. The molecule has 29 heavy (non-hydrogen) atoms. The zero-order valence-corrected chi connectivity index (χ0v) is 17.2. The topological polar surface area (TPSA) is 94.6 Å². The lowest BCUT2D eigenvalue weighted by molar-refractivity contribution is -0.122. The largest absolute Gasteiger partial charge is 0.396 e. The smallest absolute Gasteiger partial charge is 0.269 e. The van der Waals surface area contributed by atoms with Crippen molar-refractivity contribution in [2.24, 2.45) is 5.92 Å². The van der Waals surface area contributed by atoms with Gasteiger partial charge in [0.1, 0.15) is 5.69 Å². The molecule has 1 aliphatic carbocycles. The number of carbonyl (C=O) groups is 2. The van der Waals surface area contributed by atoms with Gasteiger partial charge in [0.2, 0.25) is 5.91 Å². The highest BCUT2D eigenvalue weighted by Gasteiger charge is 2.38. The van der Waals surface area contributed by atoms with E-state index in [0.29, 0.717) is 25.2 Å². The maximum absolute atomic E-state index is 12.4. The van der Waals surface area contributed by atoms with Crippen LogP contribution in [0.4, 0.5) is 0 Å². The van der Waals surface area contributed by atoms with Crippen LogP contribution in [0.15, 0.2) is 24.4 Å². The molecular weight excluding hydrogens is 368 g/mol. The molecule has 3 N–H and O–H groups in total. The number of carbonyl (C=O) groups excluding carboxylic acids is 2. The fourth-order valence-electron chi connectivity index (χ4n) is 4.08. The summed E-state index contributed by atoms with van der Waals surface area (Å²) in [7, 11) is 0. The Morgan fingerprint density at radius 3 is 2.62 bits per heavy atom. The van der Waals surface area contributed by atoms with Crippen molar-refractivity contribution >= 4 is 11.8 Å². The number of aliphatic hydroxyl groups excluding tert-OH is 1. The summed E-state index contributed by atoms with van der Waals surface area (Å²) in [5.41, 5.74) is 0.441. The Labute approximate surface area is 173 Å². The van der Waals surface area contributed by atoms with Crippen LogP contribution < -0.4 is 10.6 Å². The van der Waals surface area contributed by atoms with Gasteiger partial charge in [0.05, 0.1) is 0 Å². The van der Waals surface area contributed by atoms with Gasteiger partial charge in [0.15, 0.2) is 0 Å². The minimum atomic E-state index is -0.138. The van der Waals surface area contributed by atoms with Crippen LogP contribution in [0, 0.1) is 5.92 Å². The van der Waals surface area contributed by atoms with Gasteiger partial charge >= 0.3 is 0 Å². The normalized spacial score (nSPS) is 21.8. The third kappa shape index (κ3) is 7.08. The minimum Gasteiger partial charge on any atom is -0.396 e. The summed E-state index contributed by atoms with van der Waals surface area (Å²) in [5.74, 6) is 0.713. The van der Waals surface area contributed by atoms with E-state index >= 15 is 0 Å². The molecule has 0 aromatic carbocycles. The van der Waals surface area contributed by atoms with Crippen molar-refractivity contribution in [3.05, 3.63) is 30.1 Å². The molecule has 1 aromatic rings. The lowest BCUT2D eigenvalue weighted by Crippen LogP contribution is -2.45. The molecule has 2 fully saturated rings. The molecule has 2 amide bonds. The predicted octanol–water partition coefficient (Wildman–Crippen LogP) is 1.72. The van der Waals surface area contributed by atoms with Gasteiger partial charge in [-0.2, -0.15) is 0 Å². The Morgan fingerprint density at radius 2 is 1.90 bits per heavy atom. The molecule has 0 bridgehead atoms. The number of nitrogens with one attached hydrogen (secondary N) is 2. The third-order valence-electron chi connectivity index (χ3n) is 5.91. The predicted molar refractivity (Wildman–Crippen MR) is 111 cm³/mol. The number of amides is 2. The van der Waals surface area contributed by atoms with Gasteiger partial charge in [-0.25, -0.2) is 0 Å². The van der Waals surface area contributed by atoms with Gasteiger partial charge in [-0.3, -0.25) is 19.5 Å². The van der Waals surface area contributed by atoms with Gasteiger partial charge in [0.25, 0.3) is 5.91 Å². The molecular formula is C22H34N4O3. The molecule has 0 unspecified atom stereocenters. The molecule has 7 heteroatoms. The Morgan fingerprint density at radius 1 is 1.07 bits per heavy atom. The first-order valence-corrected chi connectivity index (χ1v) is 11.0. The molecule has 0 spiro atoms. The van der Waals surface area contributed by atoms with Crippen molar-refractivity contribution in [3.63, 3.8) is 0 Å². The van der Waals surface area contributed by atoms with E-state index in [1.54, 1.807) is 18.3 Å². The molecule has 1 aromatic heterocycles. The number of hydrogen-bond acceptors (Lipinski definition) is 5. The first-order chi connectivity index (χ1) is 14.2. The van der Waals surface area contributed by atoms with Crippen molar-refractivity contribution in [1.82, 2.24) is 20.5 Å². The van der Waals surface area contributed by atoms with Crippen LogP contribution in [-0.2, 0) is 4.79 Å². The molecule has 7 nitrogen and oxygen atoms in total. The zero-order chi connectivity index (χ0) is 20.5. The van der Waals surface area contributed by atoms with E-state index in [0.717, 1.165) is 44.6 Å². The van der Waals surface area contributed by atoms with Gasteiger partial charge in [-0.15, -0.1) is 0 Å². The van der Waals surface area contributed by atoms with Gasteiger partial charge in [-0.05, 0) is 63.0 Å². The maximum Gasteiger partial charge on any atom is 0.269 e. The van der Waals surface area contributed by atoms with Crippen LogP contribution >= 0.6 is 0 Å². The summed E-state index contributed by atoms with van der Waals surface area (Å²) in [6, 6.07) is 5.87. The summed E-state index contributed by atoms with van der Waals surface area (Å²) in [6.45, 7) is 2.52. The van der Waals surface area contributed by atoms with E-state index in [9.17, 15) is 9.59 Å². The van der Waals surface area contributed by atoms with Crippen molar-refractivity contribution in [2.45, 2.75) is 63.5 Å². The SMILES string of the molecule is O=C(C[C@H]1CC[C@@H](CNC(=O)c2ccccn2)N1CC1CC1)NCCCCCO. The molecule has 2 aliphatic rings. The van der Waals surface area contributed by atoms with Crippen LogP contribution in [0.3, 0.4) is 0 Å². The summed E-state index contributed by atoms with van der Waals surface area (Å²) in [5, 5.41) is 14.9. The highest BCUT2D eigenvalue weighted by Crippen LogP contribution is 2.35. The number of likely N-dealkylation sites (tertiary alicyclic amines) is 1. The molecule has 1 aliphatic heterocycles. The van der Waals surface area contributed by atoms with Gasteiger partial charge < -0.3 is 15.7 Å². The fourth-order valence-corrected chi connectivity index (χ4v) is 4.08. The number of pyridine rings is 1. The van der Waals surface area contributed by atoms with E-state index in [1.165, 1.54) is 12.8 Å². The molecule has 2 atom stereocenters.